The van der Waals surface area contributed by atoms with E-state index in [1.807, 2.05) is 18.2 Å². The van der Waals surface area contributed by atoms with Gasteiger partial charge in [-0.15, -0.1) is 0 Å². The van der Waals surface area contributed by atoms with Crippen LogP contribution in [0.25, 0.3) is 0 Å². The second kappa shape index (κ2) is 8.62. The lowest BCUT2D eigenvalue weighted by atomic mass is 10.2. The molecule has 132 valence electrons. The number of rotatable bonds is 6. The molecular weight excluding hydrogens is 333 g/mol. The van der Waals surface area contributed by atoms with Crippen LogP contribution in [-0.4, -0.2) is 11.0 Å². The fourth-order valence-electron chi connectivity index (χ4n) is 2.26. The van der Waals surface area contributed by atoms with Crippen molar-refractivity contribution in [2.45, 2.75) is 13.2 Å². The quantitative estimate of drug-likeness (QED) is 0.702. The minimum atomic E-state index is -0.327. The van der Waals surface area contributed by atoms with Gasteiger partial charge in [0.15, 0.2) is 0 Å². The number of ether oxygens (including phenoxy) is 1. The monoisotopic (exact) mass is 351 g/mol. The molecule has 0 spiro atoms. The minimum absolute atomic E-state index is 0.281. The summed E-state index contributed by atoms with van der Waals surface area (Å²) in [7, 11) is 0. The molecule has 1 aromatic heterocycles. The van der Waals surface area contributed by atoms with E-state index in [0.717, 1.165) is 11.3 Å². The third-order valence-electron chi connectivity index (χ3n) is 3.57. The van der Waals surface area contributed by atoms with E-state index in [1.54, 1.807) is 42.6 Å². The number of amides is 2. The highest BCUT2D eigenvalue weighted by Crippen LogP contribution is 2.18. The summed E-state index contributed by atoms with van der Waals surface area (Å²) in [5.41, 5.74) is 2.25. The van der Waals surface area contributed by atoms with Gasteiger partial charge in [0.2, 0.25) is 0 Å². The number of benzene rings is 2. The first-order chi connectivity index (χ1) is 12.7. The third-order valence-corrected chi connectivity index (χ3v) is 3.57. The number of nitrogens with zero attached hydrogens (tertiary/aromatic N) is 1. The maximum atomic E-state index is 12.9. The summed E-state index contributed by atoms with van der Waals surface area (Å²) in [6.45, 7) is 0.656. The van der Waals surface area contributed by atoms with Crippen molar-refractivity contribution in [3.8, 4) is 5.75 Å². The van der Waals surface area contributed by atoms with Gasteiger partial charge in [-0.3, -0.25) is 4.98 Å². The number of aromatic nitrogens is 1. The number of anilines is 1. The van der Waals surface area contributed by atoms with Crippen molar-refractivity contribution in [2.24, 2.45) is 0 Å². The van der Waals surface area contributed by atoms with Gasteiger partial charge in [0.25, 0.3) is 0 Å². The lowest BCUT2D eigenvalue weighted by Crippen LogP contribution is -2.28. The van der Waals surface area contributed by atoms with Crippen molar-refractivity contribution < 1.29 is 13.9 Å². The molecule has 0 unspecified atom stereocenters. The van der Waals surface area contributed by atoms with E-state index in [2.05, 4.69) is 15.6 Å². The Morgan fingerprint density at radius 2 is 1.88 bits per heavy atom. The number of urea groups is 1. The molecule has 3 rings (SSSR count). The molecule has 0 aliphatic heterocycles. The zero-order chi connectivity index (χ0) is 18.2. The molecule has 0 atom stereocenters. The predicted molar refractivity (Wildman–Crippen MR) is 97.3 cm³/mol. The molecule has 6 heteroatoms. The second-order valence-electron chi connectivity index (χ2n) is 5.57. The summed E-state index contributed by atoms with van der Waals surface area (Å²) < 4.78 is 18.6. The fraction of sp³-hybridized carbons (Fsp3) is 0.100. The highest BCUT2D eigenvalue weighted by Gasteiger charge is 2.04. The number of pyridine rings is 1. The van der Waals surface area contributed by atoms with Gasteiger partial charge in [-0.2, -0.15) is 0 Å². The maximum Gasteiger partial charge on any atom is 0.319 e. The number of hydrogen-bond donors (Lipinski definition) is 2. The van der Waals surface area contributed by atoms with E-state index in [9.17, 15) is 9.18 Å². The fourth-order valence-corrected chi connectivity index (χ4v) is 2.26. The van der Waals surface area contributed by atoms with Gasteiger partial charge in [0, 0.05) is 18.0 Å². The van der Waals surface area contributed by atoms with Crippen molar-refractivity contribution in [1.82, 2.24) is 10.3 Å². The molecule has 3 aromatic rings. The first kappa shape index (κ1) is 17.4. The molecule has 5 nitrogen and oxygen atoms in total. The number of carbonyl (C=O) groups excluding carboxylic acids is 1. The Balaban J connectivity index is 1.51. The van der Waals surface area contributed by atoms with Gasteiger partial charge in [0.05, 0.1) is 12.2 Å². The van der Waals surface area contributed by atoms with E-state index in [4.69, 9.17) is 4.74 Å². The SMILES string of the molecule is O=C(NCc1ccccn1)Nc1cccc(OCc2ccc(F)cc2)c1. The Morgan fingerprint density at radius 3 is 2.65 bits per heavy atom. The van der Waals surface area contributed by atoms with E-state index < -0.39 is 0 Å². The van der Waals surface area contributed by atoms with Crippen LogP contribution in [0.4, 0.5) is 14.9 Å². The average Bonchev–Trinajstić information content (AvgIpc) is 2.67. The smallest absolute Gasteiger partial charge is 0.319 e. The van der Waals surface area contributed by atoms with Gasteiger partial charge in [-0.25, -0.2) is 9.18 Å². The second-order valence-corrected chi connectivity index (χ2v) is 5.57. The number of nitrogens with one attached hydrogen (secondary N) is 2. The summed E-state index contributed by atoms with van der Waals surface area (Å²) >= 11 is 0. The lowest BCUT2D eigenvalue weighted by Gasteiger charge is -2.10. The van der Waals surface area contributed by atoms with Crippen LogP contribution in [0.2, 0.25) is 0 Å². The summed E-state index contributed by atoms with van der Waals surface area (Å²) in [6.07, 6.45) is 1.68. The van der Waals surface area contributed by atoms with Crippen LogP contribution in [0.3, 0.4) is 0 Å². The standard InChI is InChI=1S/C20H18FN3O2/c21-16-9-7-15(8-10-16)14-26-19-6-3-5-17(12-19)24-20(25)23-13-18-4-1-2-11-22-18/h1-12H,13-14H2,(H2,23,24,25). The van der Waals surface area contributed by atoms with Crippen LogP contribution < -0.4 is 15.4 Å². The molecule has 0 aliphatic carbocycles. The van der Waals surface area contributed by atoms with E-state index in [0.29, 0.717) is 24.6 Å². The summed E-state index contributed by atoms with van der Waals surface area (Å²) in [4.78, 5) is 16.1. The minimum Gasteiger partial charge on any atom is -0.489 e. The van der Waals surface area contributed by atoms with Crippen LogP contribution in [-0.2, 0) is 13.2 Å². The molecule has 2 amide bonds. The summed E-state index contributed by atoms with van der Waals surface area (Å²) in [5.74, 6) is 0.327. The first-order valence-electron chi connectivity index (χ1n) is 8.11. The van der Waals surface area contributed by atoms with Crippen LogP contribution in [0.5, 0.6) is 5.75 Å². The summed E-state index contributed by atoms with van der Waals surface area (Å²) in [5, 5.41) is 5.49. The van der Waals surface area contributed by atoms with Crippen LogP contribution in [0.1, 0.15) is 11.3 Å². The van der Waals surface area contributed by atoms with E-state index in [1.165, 1.54) is 12.1 Å². The molecule has 2 N–H and O–H groups in total. The van der Waals surface area contributed by atoms with Gasteiger partial charge in [0.1, 0.15) is 18.2 Å². The number of hydrogen-bond acceptors (Lipinski definition) is 3. The van der Waals surface area contributed by atoms with Crippen molar-refractivity contribution in [3.63, 3.8) is 0 Å². The largest absolute Gasteiger partial charge is 0.489 e. The molecule has 26 heavy (non-hydrogen) atoms. The third kappa shape index (κ3) is 5.31. The molecular formula is C20H18FN3O2. The average molecular weight is 351 g/mol. The molecule has 0 radical (unpaired) electrons. The van der Waals surface area contributed by atoms with Gasteiger partial charge >= 0.3 is 6.03 Å². The Labute approximate surface area is 150 Å². The molecule has 0 aliphatic rings. The summed E-state index contributed by atoms with van der Waals surface area (Å²) in [6, 6.07) is 18.4. The zero-order valence-corrected chi connectivity index (χ0v) is 14.0. The Hall–Kier alpha value is -3.41. The Bertz CT molecular complexity index is 854. The van der Waals surface area contributed by atoms with E-state index >= 15 is 0 Å². The predicted octanol–water partition coefficient (Wildman–Crippen LogP) is 4.12. The zero-order valence-electron chi connectivity index (χ0n) is 14.0. The van der Waals surface area contributed by atoms with Crippen molar-refractivity contribution in [3.05, 3.63) is 90.0 Å². The van der Waals surface area contributed by atoms with Crippen LogP contribution in [0.15, 0.2) is 72.9 Å². The molecule has 0 fully saturated rings. The molecule has 0 saturated carbocycles. The molecule has 0 saturated heterocycles. The van der Waals surface area contributed by atoms with Crippen molar-refractivity contribution in [2.75, 3.05) is 5.32 Å². The normalized spacial score (nSPS) is 10.2. The maximum absolute atomic E-state index is 12.9. The number of carbonyl (C=O) groups is 1. The van der Waals surface area contributed by atoms with Gasteiger partial charge < -0.3 is 15.4 Å². The highest BCUT2D eigenvalue weighted by molar-refractivity contribution is 5.89. The number of halogens is 1. The van der Waals surface area contributed by atoms with E-state index in [-0.39, 0.29) is 11.8 Å². The Morgan fingerprint density at radius 1 is 1.04 bits per heavy atom. The Kier molecular flexibility index (Phi) is 5.77. The van der Waals surface area contributed by atoms with Crippen molar-refractivity contribution >= 4 is 11.7 Å². The molecule has 1 heterocycles. The lowest BCUT2D eigenvalue weighted by molar-refractivity contribution is 0.251. The topological polar surface area (TPSA) is 63.2 Å². The first-order valence-corrected chi connectivity index (χ1v) is 8.11. The van der Waals surface area contributed by atoms with Gasteiger partial charge in [-0.05, 0) is 42.0 Å². The van der Waals surface area contributed by atoms with Crippen LogP contribution >= 0.6 is 0 Å². The molecule has 0 bridgehead atoms. The molecule has 2 aromatic carbocycles. The van der Waals surface area contributed by atoms with Crippen molar-refractivity contribution in [1.29, 1.82) is 0 Å². The van der Waals surface area contributed by atoms with Crippen LogP contribution in [0, 0.1) is 5.82 Å². The van der Waals surface area contributed by atoms with Gasteiger partial charge in [-0.1, -0.05) is 24.3 Å². The highest BCUT2D eigenvalue weighted by atomic mass is 19.1.